The first kappa shape index (κ1) is 21.8. The Morgan fingerprint density at radius 2 is 1.72 bits per heavy atom. The van der Waals surface area contributed by atoms with Crippen molar-refractivity contribution >= 4 is 29.1 Å². The van der Waals surface area contributed by atoms with Gasteiger partial charge in [-0.25, -0.2) is 9.38 Å². The molecule has 4 rings (SSSR count). The van der Waals surface area contributed by atoms with Crippen molar-refractivity contribution in [1.29, 1.82) is 0 Å². The second kappa shape index (κ2) is 9.38. The maximum atomic E-state index is 14.1. The molecule has 2 heterocycles. The molecular formula is C24H28FN5O2. The van der Waals surface area contributed by atoms with Crippen LogP contribution in [0.5, 0.6) is 0 Å². The molecule has 0 saturated carbocycles. The van der Waals surface area contributed by atoms with Gasteiger partial charge >= 0.3 is 0 Å². The Bertz CT molecular complexity index is 1010. The fraction of sp³-hybridized carbons (Fsp3) is 0.375. The van der Waals surface area contributed by atoms with Gasteiger partial charge in [0.25, 0.3) is 0 Å². The fourth-order valence-electron chi connectivity index (χ4n) is 3.93. The zero-order valence-electron chi connectivity index (χ0n) is 18.3. The summed E-state index contributed by atoms with van der Waals surface area (Å²) in [5, 5.41) is 5.65. The average Bonchev–Trinajstić information content (AvgIpc) is 2.79. The summed E-state index contributed by atoms with van der Waals surface area (Å²) in [5.74, 6) is 0.0291. The standard InChI is InChI=1S/C24H28FN5O2/c1-16(2)17-7-9-18(10-8-17)26-23(32)20-15-22(31)28-24(27-20)30-13-11-29(12-14-30)21-6-4-3-5-19(21)25/h3-10,16,20H,11-15H2,1-2H3,(H,26,32)(H,27,28,31). The van der Waals surface area contributed by atoms with Crippen molar-refractivity contribution in [3.63, 3.8) is 0 Å². The number of hydrogen-bond acceptors (Lipinski definition) is 5. The third kappa shape index (κ3) is 4.90. The number of carbonyl (C=O) groups excluding carboxylic acids is 2. The van der Waals surface area contributed by atoms with E-state index in [2.05, 4.69) is 29.5 Å². The van der Waals surface area contributed by atoms with Crippen LogP contribution >= 0.6 is 0 Å². The highest BCUT2D eigenvalue weighted by Gasteiger charge is 2.31. The quantitative estimate of drug-likeness (QED) is 0.771. The number of nitrogens with one attached hydrogen (secondary N) is 2. The van der Waals surface area contributed by atoms with Crippen molar-refractivity contribution in [2.75, 3.05) is 36.4 Å². The Labute approximate surface area is 187 Å². The molecule has 1 unspecified atom stereocenters. The van der Waals surface area contributed by atoms with Crippen LogP contribution in [-0.4, -0.2) is 54.9 Å². The molecule has 0 aliphatic carbocycles. The van der Waals surface area contributed by atoms with Crippen LogP contribution in [0.25, 0.3) is 0 Å². The monoisotopic (exact) mass is 437 g/mol. The van der Waals surface area contributed by atoms with E-state index in [-0.39, 0.29) is 24.1 Å². The van der Waals surface area contributed by atoms with E-state index in [0.29, 0.717) is 49.4 Å². The SMILES string of the molecule is CC(C)c1ccc(NC(=O)C2CC(=O)NC(N3CCN(c4ccccc4F)CC3)=N2)cc1. The lowest BCUT2D eigenvalue weighted by Gasteiger charge is -2.38. The van der Waals surface area contributed by atoms with Gasteiger partial charge in [-0.3, -0.25) is 14.9 Å². The normalized spacial score (nSPS) is 18.9. The van der Waals surface area contributed by atoms with E-state index in [4.69, 9.17) is 0 Å². The Morgan fingerprint density at radius 1 is 1.06 bits per heavy atom. The second-order valence-electron chi connectivity index (χ2n) is 8.41. The Kier molecular flexibility index (Phi) is 6.39. The predicted octanol–water partition coefficient (Wildman–Crippen LogP) is 2.95. The minimum atomic E-state index is -0.784. The number of benzene rings is 2. The van der Waals surface area contributed by atoms with Crippen molar-refractivity contribution in [2.24, 2.45) is 4.99 Å². The van der Waals surface area contributed by atoms with Crippen molar-refractivity contribution in [3.05, 3.63) is 59.9 Å². The molecule has 2 amide bonds. The van der Waals surface area contributed by atoms with Crippen LogP contribution in [0.4, 0.5) is 15.8 Å². The Hall–Kier alpha value is -3.42. The molecule has 7 nitrogen and oxygen atoms in total. The molecule has 2 aromatic rings. The topological polar surface area (TPSA) is 77.0 Å². The molecule has 1 saturated heterocycles. The summed E-state index contributed by atoms with van der Waals surface area (Å²) in [6.45, 7) is 6.54. The summed E-state index contributed by atoms with van der Waals surface area (Å²) in [5.41, 5.74) is 2.44. The average molecular weight is 438 g/mol. The van der Waals surface area contributed by atoms with Gasteiger partial charge in [0.2, 0.25) is 17.8 Å². The number of rotatable bonds is 4. The summed E-state index contributed by atoms with van der Waals surface area (Å²) in [7, 11) is 0. The largest absolute Gasteiger partial charge is 0.366 e. The zero-order chi connectivity index (χ0) is 22.7. The van der Waals surface area contributed by atoms with Crippen molar-refractivity contribution in [1.82, 2.24) is 10.2 Å². The van der Waals surface area contributed by atoms with Crippen molar-refractivity contribution in [2.45, 2.75) is 32.2 Å². The molecule has 0 aromatic heterocycles. The van der Waals surface area contributed by atoms with Gasteiger partial charge in [0.1, 0.15) is 11.9 Å². The first-order valence-electron chi connectivity index (χ1n) is 10.9. The minimum absolute atomic E-state index is 0.00853. The van der Waals surface area contributed by atoms with E-state index in [9.17, 15) is 14.0 Å². The lowest BCUT2D eigenvalue weighted by molar-refractivity contribution is -0.125. The summed E-state index contributed by atoms with van der Waals surface area (Å²) in [6.07, 6.45) is 0.00853. The first-order chi connectivity index (χ1) is 15.4. The van der Waals surface area contributed by atoms with E-state index in [1.165, 1.54) is 11.6 Å². The number of carbonyl (C=O) groups is 2. The number of nitrogens with zero attached hydrogens (tertiary/aromatic N) is 3. The van der Waals surface area contributed by atoms with Crippen LogP contribution in [-0.2, 0) is 9.59 Å². The molecule has 32 heavy (non-hydrogen) atoms. The number of guanidine groups is 1. The highest BCUT2D eigenvalue weighted by Crippen LogP contribution is 2.21. The van der Waals surface area contributed by atoms with Crippen molar-refractivity contribution in [3.8, 4) is 0 Å². The molecule has 2 aromatic carbocycles. The van der Waals surface area contributed by atoms with Crippen LogP contribution in [0.2, 0.25) is 0 Å². The highest BCUT2D eigenvalue weighted by molar-refractivity contribution is 6.06. The number of para-hydroxylation sites is 1. The number of piperazine rings is 1. The maximum Gasteiger partial charge on any atom is 0.249 e. The van der Waals surface area contributed by atoms with Crippen LogP contribution < -0.4 is 15.5 Å². The van der Waals surface area contributed by atoms with E-state index in [1.807, 2.05) is 40.1 Å². The number of amides is 2. The summed E-state index contributed by atoms with van der Waals surface area (Å²) in [4.78, 5) is 33.5. The summed E-state index contributed by atoms with van der Waals surface area (Å²) < 4.78 is 14.1. The third-order valence-corrected chi connectivity index (χ3v) is 5.83. The molecular weight excluding hydrogens is 409 g/mol. The van der Waals surface area contributed by atoms with Gasteiger partial charge in [0, 0.05) is 31.9 Å². The Morgan fingerprint density at radius 3 is 2.38 bits per heavy atom. The minimum Gasteiger partial charge on any atom is -0.366 e. The number of hydrogen-bond donors (Lipinski definition) is 2. The second-order valence-corrected chi connectivity index (χ2v) is 8.41. The molecule has 0 radical (unpaired) electrons. The number of aliphatic imine (C=N–C) groups is 1. The molecule has 1 atom stereocenters. The number of halogens is 1. The molecule has 1 fully saturated rings. The number of anilines is 2. The van der Waals surface area contributed by atoms with Gasteiger partial charge < -0.3 is 15.1 Å². The van der Waals surface area contributed by atoms with Crippen molar-refractivity contribution < 1.29 is 14.0 Å². The maximum absolute atomic E-state index is 14.1. The van der Waals surface area contributed by atoms with Gasteiger partial charge in [-0.15, -0.1) is 0 Å². The predicted molar refractivity (Wildman–Crippen MR) is 123 cm³/mol. The fourth-order valence-corrected chi connectivity index (χ4v) is 3.93. The van der Waals surface area contributed by atoms with E-state index < -0.39 is 6.04 Å². The van der Waals surface area contributed by atoms with E-state index >= 15 is 0 Å². The van der Waals surface area contributed by atoms with Gasteiger partial charge in [-0.1, -0.05) is 38.1 Å². The van der Waals surface area contributed by atoms with Gasteiger partial charge in [0.15, 0.2) is 0 Å². The third-order valence-electron chi connectivity index (χ3n) is 5.83. The first-order valence-corrected chi connectivity index (χ1v) is 10.9. The molecule has 0 bridgehead atoms. The lowest BCUT2D eigenvalue weighted by atomic mass is 10.0. The van der Waals surface area contributed by atoms with Crippen LogP contribution in [0.1, 0.15) is 31.7 Å². The highest BCUT2D eigenvalue weighted by atomic mass is 19.1. The zero-order valence-corrected chi connectivity index (χ0v) is 18.3. The van der Waals surface area contributed by atoms with E-state index in [0.717, 1.165) is 0 Å². The van der Waals surface area contributed by atoms with Gasteiger partial charge in [-0.2, -0.15) is 0 Å². The molecule has 2 aliphatic heterocycles. The molecule has 0 spiro atoms. The van der Waals surface area contributed by atoms with E-state index in [1.54, 1.807) is 12.1 Å². The molecule has 8 heteroatoms. The Balaban J connectivity index is 1.40. The molecule has 2 aliphatic rings. The molecule has 168 valence electrons. The molecule has 2 N–H and O–H groups in total. The lowest BCUT2D eigenvalue weighted by Crippen LogP contribution is -2.56. The van der Waals surface area contributed by atoms with Crippen LogP contribution in [0.15, 0.2) is 53.5 Å². The summed E-state index contributed by atoms with van der Waals surface area (Å²) >= 11 is 0. The summed E-state index contributed by atoms with van der Waals surface area (Å²) in [6, 6.07) is 13.6. The van der Waals surface area contributed by atoms with Gasteiger partial charge in [-0.05, 0) is 35.7 Å². The van der Waals surface area contributed by atoms with Gasteiger partial charge in [0.05, 0.1) is 12.1 Å². The van der Waals surface area contributed by atoms with Crippen LogP contribution in [0, 0.1) is 5.82 Å². The smallest absolute Gasteiger partial charge is 0.249 e. The van der Waals surface area contributed by atoms with Crippen LogP contribution in [0.3, 0.4) is 0 Å².